The van der Waals surface area contributed by atoms with Gasteiger partial charge in [-0.25, -0.2) is 27.7 Å². The molecule has 2 aromatic carbocycles. The molecule has 37 heavy (non-hydrogen) atoms. The van der Waals surface area contributed by atoms with Crippen molar-refractivity contribution in [3.8, 4) is 0 Å². The Balaban J connectivity index is 1.13. The van der Waals surface area contributed by atoms with E-state index in [2.05, 4.69) is 10.2 Å². The average Bonchev–Trinajstić information content (AvgIpc) is 3.67. The van der Waals surface area contributed by atoms with E-state index in [0.717, 1.165) is 29.9 Å². The molecule has 0 unspecified atom stereocenters. The van der Waals surface area contributed by atoms with Crippen LogP contribution in [0.2, 0.25) is 0 Å². The summed E-state index contributed by atoms with van der Waals surface area (Å²) < 4.78 is 46.1. The maximum Gasteiger partial charge on any atom is 0.419 e. The van der Waals surface area contributed by atoms with Gasteiger partial charge in [-0.2, -0.15) is 0 Å². The van der Waals surface area contributed by atoms with Crippen LogP contribution in [0.15, 0.2) is 42.5 Å². The number of cyclic esters (lactones) is 1. The first-order valence-electron chi connectivity index (χ1n) is 12.7. The van der Waals surface area contributed by atoms with E-state index in [1.165, 1.54) is 18.2 Å². The fourth-order valence-electron chi connectivity index (χ4n) is 5.30. The molecule has 0 aromatic heterocycles. The highest BCUT2D eigenvalue weighted by atomic mass is 19.2. The van der Waals surface area contributed by atoms with Gasteiger partial charge in [0.2, 0.25) is 0 Å². The van der Waals surface area contributed by atoms with E-state index in [0.29, 0.717) is 56.6 Å². The van der Waals surface area contributed by atoms with Crippen LogP contribution in [0, 0.1) is 23.4 Å². The van der Waals surface area contributed by atoms with E-state index in [1.54, 1.807) is 12.1 Å². The summed E-state index contributed by atoms with van der Waals surface area (Å²) in [6, 6.07) is 7.87. The zero-order valence-corrected chi connectivity index (χ0v) is 20.3. The molecule has 2 heterocycles. The number of likely N-dealkylation sites (tertiary alicyclic amines) is 1. The average molecular weight is 518 g/mol. The van der Waals surface area contributed by atoms with Gasteiger partial charge < -0.3 is 20.1 Å². The third kappa shape index (κ3) is 5.45. The van der Waals surface area contributed by atoms with Crippen molar-refractivity contribution in [2.45, 2.75) is 49.9 Å². The molecule has 10 heteroatoms. The summed E-state index contributed by atoms with van der Waals surface area (Å²) in [6.45, 7) is 2.30. The second kappa shape index (κ2) is 10.3. The van der Waals surface area contributed by atoms with Gasteiger partial charge in [0.05, 0.1) is 5.60 Å². The van der Waals surface area contributed by atoms with Gasteiger partial charge in [-0.3, -0.25) is 0 Å². The second-order valence-corrected chi connectivity index (χ2v) is 10.1. The van der Waals surface area contributed by atoms with E-state index in [4.69, 9.17) is 4.74 Å². The number of aliphatic hydroxyl groups is 1. The largest absolute Gasteiger partial charge is 0.443 e. The molecular formula is C27H30F3N3O4. The molecule has 5 rings (SSSR count). The van der Waals surface area contributed by atoms with Gasteiger partial charge in [-0.1, -0.05) is 18.2 Å². The molecule has 3 amide bonds. The van der Waals surface area contributed by atoms with Crippen LogP contribution in [0.3, 0.4) is 0 Å². The van der Waals surface area contributed by atoms with Crippen LogP contribution in [0.4, 0.5) is 22.8 Å². The van der Waals surface area contributed by atoms with E-state index in [9.17, 15) is 27.9 Å². The number of amides is 3. The Morgan fingerprint density at radius 2 is 1.76 bits per heavy atom. The first-order valence-corrected chi connectivity index (χ1v) is 12.7. The summed E-state index contributed by atoms with van der Waals surface area (Å²) in [5.41, 5.74) is 0.0405. The molecule has 198 valence electrons. The summed E-state index contributed by atoms with van der Waals surface area (Å²) in [5.74, 6) is -2.29. The molecule has 3 fully saturated rings. The van der Waals surface area contributed by atoms with E-state index >= 15 is 0 Å². The quantitative estimate of drug-likeness (QED) is 0.530. The van der Waals surface area contributed by atoms with Crippen molar-refractivity contribution in [3.05, 3.63) is 71.0 Å². The minimum Gasteiger partial charge on any atom is -0.443 e. The fourth-order valence-corrected chi connectivity index (χ4v) is 5.30. The molecule has 2 N–H and O–H groups in total. The molecule has 1 aliphatic carbocycles. The highest BCUT2D eigenvalue weighted by Crippen LogP contribution is 2.46. The molecule has 1 saturated carbocycles. The lowest BCUT2D eigenvalue weighted by molar-refractivity contribution is -0.0259. The predicted molar refractivity (Wildman–Crippen MR) is 128 cm³/mol. The van der Waals surface area contributed by atoms with Crippen LogP contribution in [0.5, 0.6) is 0 Å². The normalized spacial score (nSPS) is 23.7. The van der Waals surface area contributed by atoms with Crippen LogP contribution < -0.4 is 5.32 Å². The molecule has 3 aliphatic rings. The Labute approximate surface area is 213 Å². The first-order chi connectivity index (χ1) is 17.7. The SMILES string of the molecule is O=C(NCCCN1CCC(O)(c2ccc(F)cc2)CC1)N1C(=O)O[C@@H](C2CC2)[C@@H]1c1ccc(F)c(F)c1. The van der Waals surface area contributed by atoms with Gasteiger partial charge in [0.25, 0.3) is 0 Å². The van der Waals surface area contributed by atoms with Gasteiger partial charge in [0.1, 0.15) is 18.0 Å². The van der Waals surface area contributed by atoms with Gasteiger partial charge in [0.15, 0.2) is 11.6 Å². The van der Waals surface area contributed by atoms with Gasteiger partial charge in [0, 0.05) is 19.6 Å². The summed E-state index contributed by atoms with van der Waals surface area (Å²) in [5, 5.41) is 13.7. The van der Waals surface area contributed by atoms with Crippen molar-refractivity contribution < 1.29 is 32.6 Å². The number of halogens is 3. The number of urea groups is 1. The van der Waals surface area contributed by atoms with Crippen molar-refractivity contribution >= 4 is 12.1 Å². The molecular weight excluding hydrogens is 487 g/mol. The molecule has 2 aliphatic heterocycles. The van der Waals surface area contributed by atoms with Crippen molar-refractivity contribution in [3.63, 3.8) is 0 Å². The van der Waals surface area contributed by atoms with Crippen LogP contribution in [0.1, 0.15) is 49.3 Å². The van der Waals surface area contributed by atoms with Crippen LogP contribution >= 0.6 is 0 Å². The molecule has 7 nitrogen and oxygen atoms in total. The number of piperidine rings is 1. The Morgan fingerprint density at radius 1 is 1.05 bits per heavy atom. The number of nitrogens with zero attached hydrogens (tertiary/aromatic N) is 2. The fraction of sp³-hybridized carbons (Fsp3) is 0.481. The predicted octanol–water partition coefficient (Wildman–Crippen LogP) is 4.46. The number of ether oxygens (including phenoxy) is 1. The lowest BCUT2D eigenvalue weighted by atomic mass is 9.84. The lowest BCUT2D eigenvalue weighted by Crippen LogP contribution is -2.45. The topological polar surface area (TPSA) is 82.1 Å². The van der Waals surface area contributed by atoms with Gasteiger partial charge in [-0.05, 0) is 80.0 Å². The third-order valence-electron chi connectivity index (χ3n) is 7.61. The number of benzene rings is 2. The van der Waals surface area contributed by atoms with Gasteiger partial charge >= 0.3 is 12.1 Å². The molecule has 2 atom stereocenters. The second-order valence-electron chi connectivity index (χ2n) is 10.1. The summed E-state index contributed by atoms with van der Waals surface area (Å²) in [4.78, 5) is 28.7. The van der Waals surface area contributed by atoms with Crippen LogP contribution in [-0.2, 0) is 10.3 Å². The van der Waals surface area contributed by atoms with E-state index in [-0.39, 0.29) is 11.7 Å². The number of carbonyl (C=O) groups is 2. The molecule has 0 spiro atoms. The molecule has 2 aromatic rings. The molecule has 2 saturated heterocycles. The number of carbonyl (C=O) groups excluding carboxylic acids is 2. The van der Waals surface area contributed by atoms with E-state index in [1.807, 2.05) is 0 Å². The highest BCUT2D eigenvalue weighted by Gasteiger charge is 2.52. The number of rotatable bonds is 7. The number of hydrogen-bond acceptors (Lipinski definition) is 5. The Bertz CT molecular complexity index is 1150. The summed E-state index contributed by atoms with van der Waals surface area (Å²) >= 11 is 0. The van der Waals surface area contributed by atoms with Crippen molar-refractivity contribution in [2.24, 2.45) is 5.92 Å². The highest BCUT2D eigenvalue weighted by molar-refractivity contribution is 5.93. The smallest absolute Gasteiger partial charge is 0.419 e. The van der Waals surface area contributed by atoms with E-state index < -0.39 is 41.5 Å². The Kier molecular flexibility index (Phi) is 7.13. The van der Waals surface area contributed by atoms with Crippen LogP contribution in [0.25, 0.3) is 0 Å². The Morgan fingerprint density at radius 3 is 2.41 bits per heavy atom. The maximum atomic E-state index is 13.9. The molecule has 0 radical (unpaired) electrons. The van der Waals surface area contributed by atoms with Crippen molar-refractivity contribution in [1.29, 1.82) is 0 Å². The number of hydrogen-bond donors (Lipinski definition) is 2. The summed E-state index contributed by atoms with van der Waals surface area (Å²) in [6.07, 6.45) is 1.97. The number of imide groups is 1. The third-order valence-corrected chi connectivity index (χ3v) is 7.61. The van der Waals surface area contributed by atoms with Crippen molar-refractivity contribution in [2.75, 3.05) is 26.2 Å². The van der Waals surface area contributed by atoms with Crippen molar-refractivity contribution in [1.82, 2.24) is 15.1 Å². The lowest BCUT2D eigenvalue weighted by Gasteiger charge is -2.38. The van der Waals surface area contributed by atoms with Crippen LogP contribution in [-0.4, -0.2) is 59.3 Å². The minimum atomic E-state index is -1.04. The first kappa shape index (κ1) is 25.5. The monoisotopic (exact) mass is 517 g/mol. The molecule has 0 bridgehead atoms. The zero-order chi connectivity index (χ0) is 26.2. The zero-order valence-electron chi connectivity index (χ0n) is 20.3. The van der Waals surface area contributed by atoms with Gasteiger partial charge in [-0.15, -0.1) is 0 Å². The minimum absolute atomic E-state index is 0.0903. The summed E-state index contributed by atoms with van der Waals surface area (Å²) in [7, 11) is 0. The Hall–Kier alpha value is -3.11. The number of nitrogens with one attached hydrogen (secondary N) is 1. The maximum absolute atomic E-state index is 13.9. The standard InChI is InChI=1S/C27H30F3N3O4/c28-20-7-5-19(6-8-20)27(36)10-14-32(15-11-27)13-1-12-31-25(34)33-23(18-4-9-21(29)22(30)16-18)24(17-2-3-17)37-26(33)35/h4-9,16-17,23-24,36H,1-3,10-15H2,(H,31,34)/t23-,24-/m0/s1.